The first kappa shape index (κ1) is 26.0. The summed E-state index contributed by atoms with van der Waals surface area (Å²) in [4.78, 5) is 4.71. The fourth-order valence-corrected chi connectivity index (χ4v) is 6.83. The largest absolute Gasteiger partial charge is 0.493 e. The molecule has 0 fully saturated rings. The van der Waals surface area contributed by atoms with Crippen LogP contribution in [0.3, 0.4) is 0 Å². The lowest BCUT2D eigenvalue weighted by Gasteiger charge is -2.38. The van der Waals surface area contributed by atoms with Gasteiger partial charge in [0.2, 0.25) is 5.75 Å². The zero-order valence-corrected chi connectivity index (χ0v) is 24.9. The average Bonchev–Trinajstić information content (AvgIpc) is 3.02. The van der Waals surface area contributed by atoms with E-state index in [1.165, 1.54) is 11.1 Å². The van der Waals surface area contributed by atoms with Crippen LogP contribution < -0.4 is 23.7 Å². The Morgan fingerprint density at radius 3 is 2.30 bits per heavy atom. The van der Waals surface area contributed by atoms with E-state index in [0.29, 0.717) is 23.0 Å². The van der Waals surface area contributed by atoms with Gasteiger partial charge in [0.1, 0.15) is 5.75 Å². The van der Waals surface area contributed by atoms with Crippen LogP contribution >= 0.6 is 0 Å². The summed E-state index contributed by atoms with van der Waals surface area (Å²) in [5.41, 5.74) is 8.15. The summed E-state index contributed by atoms with van der Waals surface area (Å²) in [6, 6.07) is 20.9. The topological polar surface area (TPSA) is 52.6 Å². The fourth-order valence-electron chi connectivity index (χ4n) is 6.83. The van der Waals surface area contributed by atoms with Gasteiger partial charge in [-0.1, -0.05) is 18.2 Å². The summed E-state index contributed by atoms with van der Waals surface area (Å²) in [6.07, 6.45) is 4.81. The van der Waals surface area contributed by atoms with Crippen LogP contribution in [0.15, 0.2) is 60.7 Å². The summed E-state index contributed by atoms with van der Waals surface area (Å²) < 4.78 is 31.5. The number of rotatable bonds is 2. The molecule has 5 aliphatic rings. The minimum Gasteiger partial charge on any atom is -0.493 e. The smallest absolute Gasteiger partial charge is 0.212 e. The molecule has 7 nitrogen and oxygen atoms in total. The van der Waals surface area contributed by atoms with Crippen molar-refractivity contribution in [3.8, 4) is 46.0 Å². The van der Waals surface area contributed by atoms with Crippen molar-refractivity contribution in [2.45, 2.75) is 25.3 Å². The van der Waals surface area contributed by atoms with Crippen molar-refractivity contribution in [3.63, 3.8) is 0 Å². The molecule has 0 saturated heterocycles. The van der Waals surface area contributed by atoms with Gasteiger partial charge >= 0.3 is 0 Å². The Labute approximate surface area is 251 Å². The van der Waals surface area contributed by atoms with Gasteiger partial charge in [-0.25, -0.2) is 0 Å². The van der Waals surface area contributed by atoms with E-state index in [2.05, 4.69) is 72.4 Å². The molecule has 0 unspecified atom stereocenters. The van der Waals surface area contributed by atoms with E-state index in [9.17, 15) is 0 Å². The van der Waals surface area contributed by atoms with Crippen molar-refractivity contribution in [1.82, 2.24) is 9.80 Å². The molecule has 43 heavy (non-hydrogen) atoms. The van der Waals surface area contributed by atoms with Crippen LogP contribution in [-0.4, -0.2) is 51.2 Å². The minimum absolute atomic E-state index is 0.0622. The lowest BCUT2D eigenvalue weighted by molar-refractivity contribution is 0.219. The molecule has 0 saturated carbocycles. The van der Waals surface area contributed by atoms with Crippen molar-refractivity contribution in [1.29, 1.82) is 0 Å². The molecular weight excluding hydrogens is 540 g/mol. The summed E-state index contributed by atoms with van der Waals surface area (Å²) in [5, 5.41) is 0. The number of hydrogen-bond acceptors (Lipinski definition) is 7. The zero-order chi connectivity index (χ0) is 29.2. The van der Waals surface area contributed by atoms with E-state index < -0.39 is 0 Å². The molecule has 0 N–H and O–H groups in total. The van der Waals surface area contributed by atoms with Crippen LogP contribution in [0.2, 0.25) is 0 Å². The van der Waals surface area contributed by atoms with E-state index in [1.54, 1.807) is 14.2 Å². The highest BCUT2D eigenvalue weighted by atomic mass is 16.6. The van der Waals surface area contributed by atoms with E-state index >= 15 is 0 Å². The van der Waals surface area contributed by atoms with Gasteiger partial charge in [0.15, 0.2) is 34.5 Å². The second kappa shape index (κ2) is 9.99. The van der Waals surface area contributed by atoms with Gasteiger partial charge in [-0.15, -0.1) is 0 Å². The van der Waals surface area contributed by atoms with Gasteiger partial charge in [-0.05, 0) is 97.1 Å². The van der Waals surface area contributed by atoms with Crippen LogP contribution in [-0.2, 0) is 19.3 Å². The third-order valence-electron chi connectivity index (χ3n) is 9.21. The molecule has 1 atom stereocenters. The Hall–Kier alpha value is -4.62. The van der Waals surface area contributed by atoms with Crippen molar-refractivity contribution < 1.29 is 23.7 Å². The van der Waals surface area contributed by atoms with Crippen LogP contribution in [0.4, 0.5) is 0 Å². The van der Waals surface area contributed by atoms with Gasteiger partial charge in [-0.3, -0.25) is 4.90 Å². The molecule has 4 aromatic carbocycles. The van der Waals surface area contributed by atoms with Crippen molar-refractivity contribution in [2.75, 3.05) is 41.4 Å². The van der Waals surface area contributed by atoms with E-state index in [4.69, 9.17) is 23.7 Å². The third-order valence-corrected chi connectivity index (χ3v) is 9.21. The Morgan fingerprint density at radius 2 is 1.49 bits per heavy atom. The van der Waals surface area contributed by atoms with Crippen molar-refractivity contribution in [3.05, 3.63) is 94.0 Å². The highest BCUT2D eigenvalue weighted by molar-refractivity contribution is 5.84. The van der Waals surface area contributed by atoms with Gasteiger partial charge in [0.05, 0.1) is 14.2 Å². The Balaban J connectivity index is 1.37. The first-order valence-corrected chi connectivity index (χ1v) is 14.8. The maximum absolute atomic E-state index is 6.88. The monoisotopic (exact) mass is 574 g/mol. The molecule has 7 bridgehead atoms. The molecule has 0 aromatic heterocycles. The second-order valence-corrected chi connectivity index (χ2v) is 11.8. The Kier molecular flexibility index (Phi) is 6.05. The van der Waals surface area contributed by atoms with Crippen molar-refractivity contribution in [2.24, 2.45) is 0 Å². The molecule has 5 aliphatic heterocycles. The summed E-state index contributed by atoms with van der Waals surface area (Å²) in [7, 11) is 7.70. The standard InChI is InChI=1S/C36H34N2O5/c1-37-13-11-23-18-31-32-20-26(23)27(37)15-21-5-8-25(9-6-21)41-30-17-22(7-10-29(30)39-3)16-28-34-24(12-14-38(28)2)19-33(40-4)35(42-31)36(34)43-32/h5-10,15,17-20,28H,11-14,16H2,1-4H3/b27-15+/t28-/m1/s1. The quantitative estimate of drug-likeness (QED) is 0.217. The van der Waals surface area contributed by atoms with E-state index in [0.717, 1.165) is 83.3 Å². The highest BCUT2D eigenvalue weighted by Gasteiger charge is 2.36. The summed E-state index contributed by atoms with van der Waals surface area (Å²) in [5.74, 6) is 5.70. The molecule has 0 spiro atoms. The maximum atomic E-state index is 6.88. The summed E-state index contributed by atoms with van der Waals surface area (Å²) >= 11 is 0. The molecule has 9 rings (SSSR count). The molecule has 4 aromatic rings. The van der Waals surface area contributed by atoms with Gasteiger partial charge < -0.3 is 28.6 Å². The molecule has 218 valence electrons. The van der Waals surface area contributed by atoms with Crippen LogP contribution in [0.25, 0.3) is 11.8 Å². The highest BCUT2D eigenvalue weighted by Crippen LogP contribution is 2.56. The number of benzene rings is 4. The normalized spacial score (nSPS) is 19.3. The van der Waals surface area contributed by atoms with Gasteiger partial charge in [0, 0.05) is 43.0 Å². The predicted molar refractivity (Wildman–Crippen MR) is 166 cm³/mol. The summed E-state index contributed by atoms with van der Waals surface area (Å²) in [6.45, 7) is 1.84. The first-order valence-electron chi connectivity index (χ1n) is 14.8. The lowest BCUT2D eigenvalue weighted by Crippen LogP contribution is -2.34. The molecule has 0 amide bonds. The molecule has 5 heterocycles. The Morgan fingerprint density at radius 1 is 0.721 bits per heavy atom. The minimum atomic E-state index is 0.0622. The van der Waals surface area contributed by atoms with Crippen LogP contribution in [0.1, 0.15) is 39.4 Å². The number of ether oxygens (including phenoxy) is 5. The predicted octanol–water partition coefficient (Wildman–Crippen LogP) is 7.47. The fraction of sp³-hybridized carbons (Fsp3) is 0.278. The SMILES string of the molecule is COc1ccc2cc1Oc1ccc(cc1)/C=C1\c3cc4c(cc3CCN1C)Oc1c(OC)cc3c(c1O4)[C@@H](C2)N(C)CC3. The van der Waals surface area contributed by atoms with Crippen molar-refractivity contribution >= 4 is 11.8 Å². The number of fused-ring (bicyclic) bond motifs is 2. The number of nitrogens with zero attached hydrogens (tertiary/aromatic N) is 2. The maximum Gasteiger partial charge on any atom is 0.212 e. The second-order valence-electron chi connectivity index (χ2n) is 11.8. The number of methoxy groups -OCH3 is 2. The number of likely N-dealkylation sites (N-methyl/N-ethyl adjacent to an activating group) is 2. The third kappa shape index (κ3) is 4.29. The van der Waals surface area contributed by atoms with E-state index in [-0.39, 0.29) is 6.04 Å². The number of hydrogen-bond donors (Lipinski definition) is 0. The van der Waals surface area contributed by atoms with E-state index in [1.807, 2.05) is 18.2 Å². The molecule has 0 aliphatic carbocycles. The molecule has 0 radical (unpaired) electrons. The van der Waals surface area contributed by atoms with Crippen LogP contribution in [0, 0.1) is 0 Å². The Bertz CT molecular complexity index is 1800. The average molecular weight is 575 g/mol. The van der Waals surface area contributed by atoms with Gasteiger partial charge in [-0.2, -0.15) is 0 Å². The lowest BCUT2D eigenvalue weighted by atomic mass is 9.87. The first-order chi connectivity index (χ1) is 21.0. The molecule has 7 heteroatoms. The van der Waals surface area contributed by atoms with Crippen LogP contribution in [0.5, 0.6) is 46.0 Å². The molecular formula is C36H34N2O5. The van der Waals surface area contributed by atoms with Gasteiger partial charge in [0.25, 0.3) is 0 Å². The zero-order valence-electron chi connectivity index (χ0n) is 24.9.